The number of pyridine rings is 1. The Kier molecular flexibility index (Phi) is 13.6. The van der Waals surface area contributed by atoms with Crippen molar-refractivity contribution in [2.75, 3.05) is 32.2 Å². The number of hydrogen-bond donors (Lipinski definition) is 4. The number of hydrogen-bond acceptors (Lipinski definition) is 12. The Bertz CT molecular complexity index is 2450. The highest BCUT2D eigenvalue weighted by molar-refractivity contribution is 7.59. The molecule has 15 nitrogen and oxygen atoms in total. The molecule has 3 fully saturated rings. The standard InChI is InChI=1S/C45H53F2N6O9PS/c1-26(2)48-43-50-38(25-64-43)36-20-40(31-16-15-29(59-3)18-35(31)49-36)61-30-19-39-41(54)52-45(63(57,58)24-32-33(46)13-9-14-34(32)47)21-27(45)10-5-4-8-17-60-23-37(42(55)53(39)22-30)51-44(56)62-28-11-6-7-12-28/h5,9-10,13-16,18,20,25-28,30,37,39H,4,6-8,11-12,17,19,21-24H2,1-3H3,(H,48,50)(H,51,56)(H,52,54)(H,57,58)/t27-,30-,37+,39+,45+/m1/s1. The largest absolute Gasteiger partial charge is 0.497 e. The quantitative estimate of drug-likeness (QED) is 0.0857. The van der Waals surface area contributed by atoms with Crippen molar-refractivity contribution in [3.63, 3.8) is 0 Å². The second kappa shape index (κ2) is 19.1. The number of anilines is 1. The van der Waals surface area contributed by atoms with Crippen LogP contribution in [0.5, 0.6) is 11.5 Å². The van der Waals surface area contributed by atoms with Gasteiger partial charge in [0.25, 0.3) is 0 Å². The molecule has 1 saturated heterocycles. The van der Waals surface area contributed by atoms with Gasteiger partial charge < -0.3 is 44.7 Å². The molecule has 342 valence electrons. The van der Waals surface area contributed by atoms with Gasteiger partial charge in [0.1, 0.15) is 58.4 Å². The Labute approximate surface area is 373 Å². The molecular formula is C45H53F2N6O9PS. The zero-order valence-corrected chi connectivity index (χ0v) is 37.6. The predicted molar refractivity (Wildman–Crippen MR) is 236 cm³/mol. The van der Waals surface area contributed by atoms with Crippen molar-refractivity contribution >= 4 is 52.6 Å². The van der Waals surface area contributed by atoms with E-state index in [1.807, 2.05) is 25.3 Å². The average Bonchev–Trinajstić information content (AvgIpc) is 3.67. The number of benzene rings is 2. The summed E-state index contributed by atoms with van der Waals surface area (Å²) in [6, 6.07) is 7.88. The van der Waals surface area contributed by atoms with E-state index >= 15 is 0 Å². The van der Waals surface area contributed by atoms with Crippen LogP contribution in [0.1, 0.15) is 70.8 Å². The molecule has 6 atom stereocenters. The van der Waals surface area contributed by atoms with Gasteiger partial charge in [-0.05, 0) is 83.1 Å². The van der Waals surface area contributed by atoms with Crippen LogP contribution in [-0.2, 0) is 29.8 Å². The second-order valence-corrected chi connectivity index (χ2v) is 20.5. The van der Waals surface area contributed by atoms with E-state index in [9.17, 15) is 32.6 Å². The lowest BCUT2D eigenvalue weighted by Crippen LogP contribution is -2.56. The highest BCUT2D eigenvalue weighted by Crippen LogP contribution is 2.71. The smallest absolute Gasteiger partial charge is 0.408 e. The number of amides is 3. The van der Waals surface area contributed by atoms with E-state index in [-0.39, 0.29) is 44.7 Å². The molecule has 8 rings (SSSR count). The number of fused-ring (bicyclic) bond motifs is 3. The fourth-order valence-electron chi connectivity index (χ4n) is 8.74. The Hall–Kier alpha value is -5.16. The van der Waals surface area contributed by atoms with E-state index < -0.39 is 78.0 Å². The van der Waals surface area contributed by atoms with Gasteiger partial charge in [-0.2, -0.15) is 0 Å². The van der Waals surface area contributed by atoms with Gasteiger partial charge in [0.15, 0.2) is 5.13 Å². The number of ether oxygens (including phenoxy) is 4. The lowest BCUT2D eigenvalue weighted by atomic mass is 10.1. The first kappa shape index (κ1) is 45.4. The Morgan fingerprint density at radius 2 is 1.88 bits per heavy atom. The molecule has 2 aromatic carbocycles. The molecule has 0 spiro atoms. The van der Waals surface area contributed by atoms with Crippen LogP contribution in [-0.4, -0.2) is 100 Å². The zero-order chi connectivity index (χ0) is 45.2. The number of nitrogens with one attached hydrogen (secondary N) is 3. The van der Waals surface area contributed by atoms with Crippen LogP contribution in [0.15, 0.2) is 60.0 Å². The number of nitrogens with zero attached hydrogens (tertiary/aromatic N) is 3. The van der Waals surface area contributed by atoms with Crippen LogP contribution < -0.4 is 25.4 Å². The number of aromatic nitrogens is 2. The van der Waals surface area contributed by atoms with Crippen molar-refractivity contribution in [2.24, 2.45) is 5.92 Å². The molecule has 4 heterocycles. The monoisotopic (exact) mass is 922 g/mol. The minimum Gasteiger partial charge on any atom is -0.497 e. The zero-order valence-electron chi connectivity index (χ0n) is 35.9. The summed E-state index contributed by atoms with van der Waals surface area (Å²) in [7, 11) is -3.07. The van der Waals surface area contributed by atoms with Crippen molar-refractivity contribution < 1.29 is 51.6 Å². The van der Waals surface area contributed by atoms with Crippen molar-refractivity contribution in [1.82, 2.24) is 25.5 Å². The van der Waals surface area contributed by atoms with Crippen LogP contribution in [0.4, 0.5) is 18.7 Å². The van der Waals surface area contributed by atoms with E-state index in [1.54, 1.807) is 37.5 Å². The molecular weight excluding hydrogens is 870 g/mol. The summed E-state index contributed by atoms with van der Waals surface area (Å²) >= 11 is 1.43. The summed E-state index contributed by atoms with van der Waals surface area (Å²) in [4.78, 5) is 65.5. The number of carbonyl (C=O) groups excluding carboxylic acids is 3. The van der Waals surface area contributed by atoms with Gasteiger partial charge in [0, 0.05) is 53.4 Å². The van der Waals surface area contributed by atoms with Gasteiger partial charge >= 0.3 is 6.09 Å². The summed E-state index contributed by atoms with van der Waals surface area (Å²) < 4.78 is 68.2. The SMILES string of the molecule is COc1ccc2c(O[C@@H]3C[C@H]4C(=O)N[C@]5(P(=O)(O)Cc6c(F)cccc6F)C[C@H]5C=CCCCOC[C@H](NC(=O)OC5CCCC5)C(=O)N4C3)cc(-c3csc(NC(C)C)n3)nc2c1. The first-order chi connectivity index (χ1) is 30.7. The van der Waals surface area contributed by atoms with Crippen molar-refractivity contribution in [1.29, 1.82) is 0 Å². The molecule has 0 bridgehead atoms. The van der Waals surface area contributed by atoms with Gasteiger partial charge in [0.2, 0.25) is 19.2 Å². The van der Waals surface area contributed by atoms with Gasteiger partial charge in [-0.3, -0.25) is 14.2 Å². The molecule has 2 aliphatic carbocycles. The Balaban J connectivity index is 1.14. The number of rotatable bonds is 11. The Morgan fingerprint density at radius 1 is 1.09 bits per heavy atom. The second-order valence-electron chi connectivity index (χ2n) is 17.1. The first-order valence-corrected chi connectivity index (χ1v) is 24.4. The van der Waals surface area contributed by atoms with Crippen molar-refractivity contribution in [2.45, 2.75) is 107 Å². The highest BCUT2D eigenvalue weighted by Gasteiger charge is 2.66. The van der Waals surface area contributed by atoms with E-state index in [0.717, 1.165) is 25.0 Å². The number of halogens is 2. The maximum Gasteiger partial charge on any atom is 0.408 e. The van der Waals surface area contributed by atoms with Gasteiger partial charge in [-0.15, -0.1) is 11.3 Å². The number of alkyl carbamates (subject to hydrolysis) is 1. The summed E-state index contributed by atoms with van der Waals surface area (Å²) in [5.41, 5.74) is 1.09. The minimum atomic E-state index is -4.62. The van der Waals surface area contributed by atoms with Gasteiger partial charge in [-0.25, -0.2) is 23.5 Å². The van der Waals surface area contributed by atoms with Crippen LogP contribution in [0.25, 0.3) is 22.3 Å². The molecule has 4 aromatic rings. The first-order valence-electron chi connectivity index (χ1n) is 21.7. The third-order valence-electron chi connectivity index (χ3n) is 12.2. The summed E-state index contributed by atoms with van der Waals surface area (Å²) in [5, 5.41) is 10.2. The highest BCUT2D eigenvalue weighted by atomic mass is 32.1. The van der Waals surface area contributed by atoms with Crippen LogP contribution >= 0.6 is 18.7 Å². The lowest BCUT2D eigenvalue weighted by Gasteiger charge is -2.31. The predicted octanol–water partition coefficient (Wildman–Crippen LogP) is 7.52. The van der Waals surface area contributed by atoms with Crippen LogP contribution in [0.3, 0.4) is 0 Å². The van der Waals surface area contributed by atoms with E-state index in [4.69, 9.17) is 28.9 Å². The topological polar surface area (TPSA) is 191 Å². The maximum atomic E-state index is 14.9. The third kappa shape index (κ3) is 9.89. The average molecular weight is 923 g/mol. The molecule has 3 amide bonds. The van der Waals surface area contributed by atoms with Crippen LogP contribution in [0, 0.1) is 17.6 Å². The maximum absolute atomic E-state index is 14.9. The molecule has 2 saturated carbocycles. The fraction of sp³-hybridized carbons (Fsp3) is 0.489. The number of carbonyl (C=O) groups is 3. The van der Waals surface area contributed by atoms with Gasteiger partial charge in [0.05, 0.1) is 37.6 Å². The summed E-state index contributed by atoms with van der Waals surface area (Å²) in [6.07, 6.45) is 5.01. The van der Waals surface area contributed by atoms with E-state index in [2.05, 4.69) is 16.0 Å². The van der Waals surface area contributed by atoms with E-state index in [1.165, 1.54) is 22.3 Å². The van der Waals surface area contributed by atoms with Gasteiger partial charge in [-0.1, -0.05) is 18.2 Å². The lowest BCUT2D eigenvalue weighted by molar-refractivity contribution is -0.141. The molecule has 0 radical (unpaired) electrons. The molecule has 1 unspecified atom stereocenters. The fourth-order valence-corrected chi connectivity index (χ4v) is 12.0. The number of thiazole rings is 1. The van der Waals surface area contributed by atoms with Crippen LogP contribution in [0.2, 0.25) is 0 Å². The minimum absolute atomic E-state index is 0.0215. The van der Waals surface area contributed by atoms with Crippen molar-refractivity contribution in [3.8, 4) is 22.9 Å². The molecule has 19 heteroatoms. The normalized spacial score (nSPS) is 25.1. The molecule has 4 aliphatic rings. The molecule has 2 aliphatic heterocycles. The van der Waals surface area contributed by atoms with Crippen molar-refractivity contribution in [3.05, 3.63) is 77.2 Å². The molecule has 64 heavy (non-hydrogen) atoms. The number of allylic oxidation sites excluding steroid dienone is 1. The summed E-state index contributed by atoms with van der Waals surface area (Å²) in [6.45, 7) is 3.90. The third-order valence-corrected chi connectivity index (χ3v) is 15.6. The molecule has 4 N–H and O–H groups in total. The van der Waals surface area contributed by atoms with E-state index in [0.29, 0.717) is 64.6 Å². The Morgan fingerprint density at radius 3 is 2.62 bits per heavy atom. The molecule has 2 aromatic heterocycles. The number of methoxy groups -OCH3 is 1. The summed E-state index contributed by atoms with van der Waals surface area (Å²) in [5.74, 6) is -3.07.